The third-order valence-electron chi connectivity index (χ3n) is 5.07. The van der Waals surface area contributed by atoms with Gasteiger partial charge in [-0.05, 0) is 54.3 Å². The van der Waals surface area contributed by atoms with E-state index in [1.54, 1.807) is 12.1 Å². The number of hydrogen-bond acceptors (Lipinski definition) is 7. The Morgan fingerprint density at radius 1 is 1.12 bits per heavy atom. The molecule has 1 aliphatic rings. The number of halogens is 3. The number of rotatable bonds is 5. The Labute approximate surface area is 187 Å². The predicted molar refractivity (Wildman–Crippen MR) is 116 cm³/mol. The number of amides is 1. The largest absolute Gasteiger partial charge is 0.573 e. The molecule has 0 spiro atoms. The lowest BCUT2D eigenvalue weighted by Crippen LogP contribution is -2.32. The van der Waals surface area contributed by atoms with Gasteiger partial charge in [0, 0.05) is 31.4 Å². The highest BCUT2D eigenvalue weighted by Gasteiger charge is 2.31. The fourth-order valence-electron chi connectivity index (χ4n) is 3.55. The molecule has 1 aromatic heterocycles. The molecule has 172 valence electrons. The standard InChI is InChI=1S/C22H21F3N6O2/c1-13-3-5-17(10-19(13)28-14(2)32)29-20-26-12-27-21(30-20)31-8-7-15-9-18(33-22(23,24)25)6-4-16(15)11-31/h3-6,9-10,12H,7-8,11H2,1-2H3,(H,28,32)(H,26,27,29,30). The van der Waals surface area contributed by atoms with Crippen LogP contribution in [-0.4, -0.2) is 33.8 Å². The third-order valence-corrected chi connectivity index (χ3v) is 5.07. The van der Waals surface area contributed by atoms with Crippen molar-refractivity contribution >= 4 is 29.2 Å². The SMILES string of the molecule is CC(=O)Nc1cc(Nc2ncnc(N3CCc4cc(OC(F)(F)F)ccc4C3)n2)ccc1C. The number of aromatic nitrogens is 3. The van der Waals surface area contributed by atoms with E-state index in [9.17, 15) is 18.0 Å². The Balaban J connectivity index is 1.48. The van der Waals surface area contributed by atoms with Crippen LogP contribution in [0.3, 0.4) is 0 Å². The zero-order valence-corrected chi connectivity index (χ0v) is 17.9. The van der Waals surface area contributed by atoms with Crippen LogP contribution in [0.15, 0.2) is 42.7 Å². The number of benzene rings is 2. The van der Waals surface area contributed by atoms with Crippen molar-refractivity contribution in [2.75, 3.05) is 22.1 Å². The normalized spacial score (nSPS) is 13.3. The molecule has 1 amide bonds. The van der Waals surface area contributed by atoms with Crippen molar-refractivity contribution < 1.29 is 22.7 Å². The second kappa shape index (κ2) is 8.93. The van der Waals surface area contributed by atoms with E-state index in [0.717, 1.165) is 16.7 Å². The van der Waals surface area contributed by atoms with Crippen molar-refractivity contribution in [1.29, 1.82) is 0 Å². The van der Waals surface area contributed by atoms with Gasteiger partial charge in [-0.1, -0.05) is 12.1 Å². The van der Waals surface area contributed by atoms with Crippen LogP contribution in [-0.2, 0) is 17.8 Å². The van der Waals surface area contributed by atoms with Gasteiger partial charge in [0.25, 0.3) is 0 Å². The Morgan fingerprint density at radius 2 is 1.94 bits per heavy atom. The molecule has 4 rings (SSSR count). The topological polar surface area (TPSA) is 92.3 Å². The van der Waals surface area contributed by atoms with Crippen LogP contribution < -0.4 is 20.3 Å². The van der Waals surface area contributed by atoms with E-state index in [1.165, 1.54) is 25.4 Å². The lowest BCUT2D eigenvalue weighted by Gasteiger charge is -2.29. The number of carbonyl (C=O) groups excluding carboxylic acids is 1. The van der Waals surface area contributed by atoms with Gasteiger partial charge in [-0.15, -0.1) is 13.2 Å². The number of aryl methyl sites for hydroxylation is 1. The highest BCUT2D eigenvalue weighted by molar-refractivity contribution is 5.90. The first kappa shape index (κ1) is 22.3. The number of ether oxygens (including phenoxy) is 1. The number of carbonyl (C=O) groups is 1. The summed E-state index contributed by atoms with van der Waals surface area (Å²) in [5.41, 5.74) is 3.98. The van der Waals surface area contributed by atoms with E-state index in [2.05, 4.69) is 30.3 Å². The average molecular weight is 458 g/mol. The highest BCUT2D eigenvalue weighted by Crippen LogP contribution is 2.29. The second-order valence-electron chi connectivity index (χ2n) is 7.59. The summed E-state index contributed by atoms with van der Waals surface area (Å²) in [6, 6.07) is 9.86. The molecule has 3 aromatic rings. The lowest BCUT2D eigenvalue weighted by molar-refractivity contribution is -0.274. The number of nitrogens with one attached hydrogen (secondary N) is 2. The van der Waals surface area contributed by atoms with Crippen molar-refractivity contribution in [3.05, 3.63) is 59.4 Å². The summed E-state index contributed by atoms with van der Waals surface area (Å²) in [4.78, 5) is 26.2. The molecule has 0 aliphatic carbocycles. The maximum atomic E-state index is 12.5. The van der Waals surface area contributed by atoms with Gasteiger partial charge in [0.1, 0.15) is 12.1 Å². The predicted octanol–water partition coefficient (Wildman–Crippen LogP) is 4.34. The molecule has 1 aliphatic heterocycles. The number of fused-ring (bicyclic) bond motifs is 1. The molecule has 0 unspecified atom stereocenters. The van der Waals surface area contributed by atoms with Crippen LogP contribution in [0.1, 0.15) is 23.6 Å². The van der Waals surface area contributed by atoms with E-state index in [0.29, 0.717) is 42.8 Å². The molecular formula is C22H21F3N6O2. The average Bonchev–Trinajstić information content (AvgIpc) is 2.74. The Kier molecular flexibility index (Phi) is 6.03. The molecule has 0 atom stereocenters. The summed E-state index contributed by atoms with van der Waals surface area (Å²) in [6.45, 7) is 4.31. The van der Waals surface area contributed by atoms with Gasteiger partial charge < -0.3 is 20.3 Å². The van der Waals surface area contributed by atoms with Crippen LogP contribution >= 0.6 is 0 Å². The van der Waals surface area contributed by atoms with Gasteiger partial charge in [-0.2, -0.15) is 4.98 Å². The summed E-state index contributed by atoms with van der Waals surface area (Å²) >= 11 is 0. The molecule has 2 N–H and O–H groups in total. The number of alkyl halides is 3. The molecule has 8 nitrogen and oxygen atoms in total. The van der Waals surface area contributed by atoms with Gasteiger partial charge >= 0.3 is 6.36 Å². The summed E-state index contributed by atoms with van der Waals surface area (Å²) in [5.74, 6) is 0.388. The first-order chi connectivity index (χ1) is 15.7. The second-order valence-corrected chi connectivity index (χ2v) is 7.59. The monoisotopic (exact) mass is 458 g/mol. The van der Waals surface area contributed by atoms with Gasteiger partial charge in [0.15, 0.2) is 0 Å². The molecule has 0 saturated carbocycles. The van der Waals surface area contributed by atoms with E-state index in [-0.39, 0.29) is 11.7 Å². The molecule has 0 bridgehead atoms. The van der Waals surface area contributed by atoms with Crippen molar-refractivity contribution in [3.63, 3.8) is 0 Å². The van der Waals surface area contributed by atoms with E-state index in [1.807, 2.05) is 24.0 Å². The Hall–Kier alpha value is -3.89. The fraction of sp³-hybridized carbons (Fsp3) is 0.273. The first-order valence-corrected chi connectivity index (χ1v) is 10.1. The molecule has 0 saturated heterocycles. The summed E-state index contributed by atoms with van der Waals surface area (Å²) in [7, 11) is 0. The smallest absolute Gasteiger partial charge is 0.406 e. The van der Waals surface area contributed by atoms with Gasteiger partial charge in [0.2, 0.25) is 17.8 Å². The summed E-state index contributed by atoms with van der Waals surface area (Å²) in [5, 5.41) is 5.89. The molecule has 2 heterocycles. The fourth-order valence-corrected chi connectivity index (χ4v) is 3.55. The Bertz CT molecular complexity index is 1190. The van der Waals surface area contributed by atoms with Crippen molar-refractivity contribution in [2.24, 2.45) is 0 Å². The van der Waals surface area contributed by atoms with Crippen molar-refractivity contribution in [2.45, 2.75) is 33.2 Å². The number of hydrogen-bond donors (Lipinski definition) is 2. The maximum absolute atomic E-state index is 12.5. The third kappa shape index (κ3) is 5.68. The molecule has 33 heavy (non-hydrogen) atoms. The number of anilines is 4. The van der Waals surface area contributed by atoms with Crippen LogP contribution in [0.4, 0.5) is 36.4 Å². The molecule has 0 fully saturated rings. The van der Waals surface area contributed by atoms with Crippen LogP contribution in [0.5, 0.6) is 5.75 Å². The quantitative estimate of drug-likeness (QED) is 0.588. The summed E-state index contributed by atoms with van der Waals surface area (Å²) in [6.07, 6.45) is -2.80. The van der Waals surface area contributed by atoms with E-state index < -0.39 is 6.36 Å². The van der Waals surface area contributed by atoms with Gasteiger partial charge in [-0.25, -0.2) is 9.97 Å². The highest BCUT2D eigenvalue weighted by atomic mass is 19.4. The van der Waals surface area contributed by atoms with Crippen LogP contribution in [0.2, 0.25) is 0 Å². The van der Waals surface area contributed by atoms with E-state index in [4.69, 9.17) is 0 Å². The Morgan fingerprint density at radius 3 is 2.70 bits per heavy atom. The minimum atomic E-state index is -4.72. The van der Waals surface area contributed by atoms with Gasteiger partial charge in [0.05, 0.1) is 0 Å². The first-order valence-electron chi connectivity index (χ1n) is 10.1. The molecule has 2 aromatic carbocycles. The molecular weight excluding hydrogens is 437 g/mol. The zero-order valence-electron chi connectivity index (χ0n) is 17.9. The van der Waals surface area contributed by atoms with E-state index >= 15 is 0 Å². The van der Waals surface area contributed by atoms with Crippen molar-refractivity contribution in [1.82, 2.24) is 15.0 Å². The molecule has 11 heteroatoms. The van der Waals surface area contributed by atoms with Gasteiger partial charge in [-0.3, -0.25) is 4.79 Å². The minimum absolute atomic E-state index is 0.167. The minimum Gasteiger partial charge on any atom is -0.406 e. The summed E-state index contributed by atoms with van der Waals surface area (Å²) < 4.78 is 41.4. The van der Waals surface area contributed by atoms with Crippen LogP contribution in [0, 0.1) is 6.92 Å². The maximum Gasteiger partial charge on any atom is 0.573 e. The lowest BCUT2D eigenvalue weighted by atomic mass is 10.00. The zero-order chi connectivity index (χ0) is 23.6. The number of nitrogens with zero attached hydrogens (tertiary/aromatic N) is 4. The van der Waals surface area contributed by atoms with Crippen LogP contribution in [0.25, 0.3) is 0 Å². The van der Waals surface area contributed by atoms with Crippen molar-refractivity contribution in [3.8, 4) is 5.75 Å². The molecule has 0 radical (unpaired) electrons.